The van der Waals surface area contributed by atoms with Crippen molar-refractivity contribution in [2.24, 2.45) is 7.05 Å². The first-order chi connectivity index (χ1) is 9.08. The second kappa shape index (κ2) is 4.46. The Morgan fingerprint density at radius 3 is 2.68 bits per heavy atom. The first kappa shape index (κ1) is 12.4. The Kier molecular flexibility index (Phi) is 2.90. The van der Waals surface area contributed by atoms with E-state index in [0.29, 0.717) is 4.47 Å². The van der Waals surface area contributed by atoms with Gasteiger partial charge >= 0.3 is 0 Å². The number of halogens is 2. The lowest BCUT2D eigenvalue weighted by molar-refractivity contribution is 0.620. The van der Waals surface area contributed by atoms with Crippen LogP contribution >= 0.6 is 15.9 Å². The summed E-state index contributed by atoms with van der Waals surface area (Å²) in [5, 5.41) is 0. The molecule has 0 radical (unpaired) electrons. The van der Waals surface area contributed by atoms with E-state index in [1.807, 2.05) is 42.8 Å². The van der Waals surface area contributed by atoms with Crippen LogP contribution in [0.4, 0.5) is 4.39 Å². The Balaban J connectivity index is 2.30. The fourth-order valence-electron chi connectivity index (χ4n) is 2.27. The number of fused-ring (bicyclic) bond motifs is 1. The first-order valence-electron chi connectivity index (χ1n) is 5.95. The van der Waals surface area contributed by atoms with Crippen molar-refractivity contribution in [3.8, 4) is 11.4 Å². The van der Waals surface area contributed by atoms with Crippen LogP contribution in [0.5, 0.6) is 0 Å². The molecule has 0 unspecified atom stereocenters. The summed E-state index contributed by atoms with van der Waals surface area (Å²) in [6.07, 6.45) is 0. The highest BCUT2D eigenvalue weighted by Gasteiger charge is 2.13. The van der Waals surface area contributed by atoms with Crippen molar-refractivity contribution < 1.29 is 4.39 Å². The number of imidazole rings is 1. The summed E-state index contributed by atoms with van der Waals surface area (Å²) in [7, 11) is 1.97. The van der Waals surface area contributed by atoms with Gasteiger partial charge in [-0.2, -0.15) is 0 Å². The van der Waals surface area contributed by atoms with Gasteiger partial charge in [0.05, 0.1) is 15.5 Å². The van der Waals surface area contributed by atoms with Crippen molar-refractivity contribution in [2.45, 2.75) is 6.92 Å². The van der Waals surface area contributed by atoms with E-state index in [1.165, 1.54) is 6.07 Å². The van der Waals surface area contributed by atoms with Gasteiger partial charge in [0, 0.05) is 12.6 Å². The molecule has 0 aliphatic rings. The van der Waals surface area contributed by atoms with Crippen LogP contribution in [0.25, 0.3) is 22.4 Å². The quantitative estimate of drug-likeness (QED) is 0.648. The molecule has 1 aromatic heterocycles. The Bertz CT molecular complexity index is 777. The lowest BCUT2D eigenvalue weighted by Crippen LogP contribution is -1.95. The minimum atomic E-state index is -0.250. The molecule has 0 saturated carbocycles. The number of aromatic nitrogens is 2. The van der Waals surface area contributed by atoms with Gasteiger partial charge in [0.15, 0.2) is 0 Å². The van der Waals surface area contributed by atoms with Crippen molar-refractivity contribution in [3.63, 3.8) is 0 Å². The van der Waals surface area contributed by atoms with Gasteiger partial charge in [-0.05, 0) is 52.7 Å². The van der Waals surface area contributed by atoms with E-state index in [4.69, 9.17) is 0 Å². The zero-order valence-electron chi connectivity index (χ0n) is 10.6. The van der Waals surface area contributed by atoms with Gasteiger partial charge in [0.1, 0.15) is 11.6 Å². The molecule has 19 heavy (non-hydrogen) atoms. The zero-order valence-corrected chi connectivity index (χ0v) is 12.2. The molecule has 2 nitrogen and oxygen atoms in total. The van der Waals surface area contributed by atoms with Crippen LogP contribution in [0, 0.1) is 12.7 Å². The van der Waals surface area contributed by atoms with Gasteiger partial charge in [-0.25, -0.2) is 9.37 Å². The normalized spacial score (nSPS) is 11.2. The van der Waals surface area contributed by atoms with Crippen LogP contribution in [-0.4, -0.2) is 9.55 Å². The smallest absolute Gasteiger partial charge is 0.141 e. The number of benzene rings is 2. The Morgan fingerprint density at radius 1 is 1.21 bits per heavy atom. The monoisotopic (exact) mass is 318 g/mol. The molecular weight excluding hydrogens is 307 g/mol. The maximum absolute atomic E-state index is 13.5. The number of nitrogens with zero attached hydrogens (tertiary/aromatic N) is 2. The second-order valence-corrected chi connectivity index (χ2v) is 5.42. The molecule has 96 valence electrons. The average Bonchev–Trinajstić information content (AvgIpc) is 2.72. The number of hydrogen-bond donors (Lipinski definition) is 0. The number of rotatable bonds is 1. The van der Waals surface area contributed by atoms with Crippen LogP contribution in [0.15, 0.2) is 40.9 Å². The average molecular weight is 319 g/mol. The highest BCUT2D eigenvalue weighted by molar-refractivity contribution is 9.10. The molecule has 3 rings (SSSR count). The molecule has 0 atom stereocenters. The molecule has 1 heterocycles. The van der Waals surface area contributed by atoms with Gasteiger partial charge in [0.25, 0.3) is 0 Å². The van der Waals surface area contributed by atoms with E-state index < -0.39 is 0 Å². The molecule has 0 fully saturated rings. The minimum absolute atomic E-state index is 0.250. The third-order valence-electron chi connectivity index (χ3n) is 3.30. The van der Waals surface area contributed by atoms with Crippen molar-refractivity contribution >= 4 is 27.0 Å². The van der Waals surface area contributed by atoms with Gasteiger partial charge in [0.2, 0.25) is 0 Å². The summed E-state index contributed by atoms with van der Waals surface area (Å²) in [6.45, 7) is 1.89. The molecule has 3 aromatic rings. The number of hydrogen-bond acceptors (Lipinski definition) is 1. The van der Waals surface area contributed by atoms with E-state index in [2.05, 4.69) is 20.9 Å². The second-order valence-electron chi connectivity index (χ2n) is 4.56. The summed E-state index contributed by atoms with van der Waals surface area (Å²) in [4.78, 5) is 4.63. The lowest BCUT2D eigenvalue weighted by atomic mass is 10.1. The highest BCUT2D eigenvalue weighted by atomic mass is 79.9. The van der Waals surface area contributed by atoms with Crippen LogP contribution in [0.3, 0.4) is 0 Å². The Hall–Kier alpha value is -1.68. The van der Waals surface area contributed by atoms with E-state index in [9.17, 15) is 4.39 Å². The maximum Gasteiger partial charge on any atom is 0.141 e. The van der Waals surface area contributed by atoms with E-state index in [1.54, 1.807) is 6.07 Å². The molecule has 0 amide bonds. The third-order valence-corrected chi connectivity index (χ3v) is 3.90. The fraction of sp³-hybridized carbons (Fsp3) is 0.133. The minimum Gasteiger partial charge on any atom is -0.327 e. The number of aryl methyl sites for hydroxylation is 2. The van der Waals surface area contributed by atoms with Crippen molar-refractivity contribution in [3.05, 3.63) is 52.3 Å². The molecular formula is C15H12BrFN2. The zero-order chi connectivity index (χ0) is 13.6. The molecule has 2 aromatic carbocycles. The lowest BCUT2D eigenvalue weighted by Gasteiger charge is -2.07. The molecule has 0 aliphatic heterocycles. The number of para-hydroxylation sites is 2. The summed E-state index contributed by atoms with van der Waals surface area (Å²) in [6, 6.07) is 11.3. The van der Waals surface area contributed by atoms with Crippen LogP contribution < -0.4 is 0 Å². The van der Waals surface area contributed by atoms with Crippen molar-refractivity contribution in [2.75, 3.05) is 0 Å². The maximum atomic E-state index is 13.5. The largest absolute Gasteiger partial charge is 0.327 e. The van der Waals surface area contributed by atoms with Crippen molar-refractivity contribution in [1.82, 2.24) is 9.55 Å². The van der Waals surface area contributed by atoms with Gasteiger partial charge in [-0.1, -0.05) is 12.1 Å². The van der Waals surface area contributed by atoms with Gasteiger partial charge in [-0.15, -0.1) is 0 Å². The molecule has 0 saturated heterocycles. The topological polar surface area (TPSA) is 17.8 Å². The van der Waals surface area contributed by atoms with Crippen LogP contribution in [0.1, 0.15) is 5.56 Å². The van der Waals surface area contributed by atoms with E-state index in [-0.39, 0.29) is 5.82 Å². The molecule has 0 bridgehead atoms. The summed E-state index contributed by atoms with van der Waals surface area (Å²) in [5.41, 5.74) is 3.82. The van der Waals surface area contributed by atoms with E-state index in [0.717, 1.165) is 28.0 Å². The molecule has 4 heteroatoms. The van der Waals surface area contributed by atoms with Crippen LogP contribution in [0.2, 0.25) is 0 Å². The molecule has 0 N–H and O–H groups in total. The predicted octanol–water partition coefficient (Wildman–Crippen LogP) is 4.45. The van der Waals surface area contributed by atoms with E-state index >= 15 is 0 Å². The Morgan fingerprint density at radius 2 is 1.95 bits per heavy atom. The Labute approximate surface area is 119 Å². The molecule has 0 aliphatic carbocycles. The third kappa shape index (κ3) is 1.96. The first-order valence-corrected chi connectivity index (χ1v) is 6.74. The molecule has 0 spiro atoms. The SMILES string of the molecule is Cc1cc(F)c(Br)cc1-c1nc2ccccc2n1C. The fourth-order valence-corrected chi connectivity index (χ4v) is 2.62. The predicted molar refractivity (Wildman–Crippen MR) is 78.5 cm³/mol. The van der Waals surface area contributed by atoms with Gasteiger partial charge < -0.3 is 4.57 Å². The summed E-state index contributed by atoms with van der Waals surface area (Å²) in [5.74, 6) is 0.597. The van der Waals surface area contributed by atoms with Gasteiger partial charge in [-0.3, -0.25) is 0 Å². The highest BCUT2D eigenvalue weighted by Crippen LogP contribution is 2.30. The van der Waals surface area contributed by atoms with Crippen molar-refractivity contribution in [1.29, 1.82) is 0 Å². The summed E-state index contributed by atoms with van der Waals surface area (Å²) < 4.78 is 16.0. The van der Waals surface area contributed by atoms with Crippen LogP contribution in [-0.2, 0) is 7.05 Å². The standard InChI is InChI=1S/C15H12BrFN2/c1-9-7-12(17)11(16)8-10(9)15-18-13-5-3-4-6-14(13)19(15)2/h3-8H,1-2H3. The summed E-state index contributed by atoms with van der Waals surface area (Å²) >= 11 is 3.23.